The maximum absolute atomic E-state index is 13.6. The van der Waals surface area contributed by atoms with E-state index >= 15 is 0 Å². The number of hydrogen-bond donors (Lipinski definition) is 2. The fourth-order valence-electron chi connectivity index (χ4n) is 5.01. The fourth-order valence-corrected chi connectivity index (χ4v) is 5.01. The average Bonchev–Trinajstić information content (AvgIpc) is 3.41. The minimum absolute atomic E-state index is 0.150. The highest BCUT2D eigenvalue weighted by atomic mass is 19.1. The van der Waals surface area contributed by atoms with E-state index in [1.165, 1.54) is 24.3 Å². The summed E-state index contributed by atoms with van der Waals surface area (Å²) in [6, 6.07) is 30.6. The molecule has 1 aromatic heterocycles. The highest BCUT2D eigenvalue weighted by molar-refractivity contribution is 6.05. The molecule has 1 aliphatic rings. The molecule has 0 spiro atoms. The van der Waals surface area contributed by atoms with Gasteiger partial charge in [-0.1, -0.05) is 66.7 Å². The average molecular weight is 476 g/mol. The highest BCUT2D eigenvalue weighted by Gasteiger charge is 2.40. The van der Waals surface area contributed by atoms with Crippen molar-refractivity contribution >= 4 is 28.4 Å². The van der Waals surface area contributed by atoms with Gasteiger partial charge < -0.3 is 15.2 Å². The number of rotatable bonds is 5. The summed E-state index contributed by atoms with van der Waals surface area (Å²) in [5.74, 6) is -0.936. The van der Waals surface area contributed by atoms with Crippen LogP contribution in [0.5, 0.6) is 0 Å². The van der Waals surface area contributed by atoms with E-state index in [0.29, 0.717) is 11.3 Å². The second kappa shape index (κ2) is 8.82. The molecule has 1 atom stereocenters. The Morgan fingerprint density at radius 1 is 0.861 bits per heavy atom. The number of hydrogen-bond acceptors (Lipinski definition) is 2. The monoisotopic (exact) mass is 475 g/mol. The Labute approximate surface area is 207 Å². The van der Waals surface area contributed by atoms with Gasteiger partial charge in [0, 0.05) is 27.7 Å². The van der Waals surface area contributed by atoms with E-state index < -0.39 is 6.04 Å². The van der Waals surface area contributed by atoms with Crippen molar-refractivity contribution in [3.05, 3.63) is 126 Å². The summed E-state index contributed by atoms with van der Waals surface area (Å²) in [6.07, 6.45) is 0. The number of aromatic amines is 1. The fraction of sp³-hybridized carbons (Fsp3) is 0.0667. The van der Waals surface area contributed by atoms with Crippen LogP contribution >= 0.6 is 0 Å². The lowest BCUT2D eigenvalue weighted by molar-refractivity contribution is -0.117. The van der Waals surface area contributed by atoms with Crippen LogP contribution in [-0.2, 0) is 4.79 Å². The van der Waals surface area contributed by atoms with Crippen LogP contribution in [0.2, 0.25) is 0 Å². The molecule has 1 aliphatic heterocycles. The van der Waals surface area contributed by atoms with Gasteiger partial charge in [0.1, 0.15) is 12.4 Å². The zero-order chi connectivity index (χ0) is 24.6. The molecule has 0 bridgehead atoms. The van der Waals surface area contributed by atoms with Crippen molar-refractivity contribution < 1.29 is 14.0 Å². The molecule has 2 amide bonds. The van der Waals surface area contributed by atoms with E-state index in [2.05, 4.69) is 10.3 Å². The number of nitrogens with zero attached hydrogens (tertiary/aromatic N) is 1. The van der Waals surface area contributed by atoms with Crippen LogP contribution in [0, 0.1) is 5.82 Å². The molecule has 0 saturated carbocycles. The number of nitrogens with one attached hydrogen (secondary N) is 2. The third-order valence-corrected chi connectivity index (χ3v) is 6.58. The normalized spacial score (nSPS) is 14.8. The predicted molar refractivity (Wildman–Crippen MR) is 138 cm³/mol. The summed E-state index contributed by atoms with van der Waals surface area (Å²) >= 11 is 0. The highest BCUT2D eigenvalue weighted by Crippen LogP contribution is 2.45. The summed E-state index contributed by atoms with van der Waals surface area (Å²) in [4.78, 5) is 31.8. The lowest BCUT2D eigenvalue weighted by Gasteiger charge is -2.26. The van der Waals surface area contributed by atoms with Gasteiger partial charge in [-0.05, 0) is 47.5 Å². The first-order chi connectivity index (χ1) is 17.6. The molecule has 6 heteroatoms. The number of halogens is 1. The van der Waals surface area contributed by atoms with Crippen LogP contribution in [0.4, 0.5) is 10.1 Å². The van der Waals surface area contributed by atoms with Gasteiger partial charge in [0.25, 0.3) is 5.91 Å². The van der Waals surface area contributed by atoms with Gasteiger partial charge in [0.05, 0.1) is 11.7 Å². The molecule has 0 saturated heterocycles. The van der Waals surface area contributed by atoms with Crippen LogP contribution in [0.3, 0.4) is 0 Å². The van der Waals surface area contributed by atoms with Crippen molar-refractivity contribution in [3.8, 4) is 11.3 Å². The number of aromatic nitrogens is 1. The Bertz CT molecular complexity index is 1590. The van der Waals surface area contributed by atoms with Crippen molar-refractivity contribution in [1.82, 2.24) is 9.88 Å². The number of anilines is 1. The van der Waals surface area contributed by atoms with Crippen LogP contribution < -0.4 is 5.32 Å². The Kier molecular flexibility index (Phi) is 5.34. The number of benzene rings is 4. The molecular formula is C30H22FN3O2. The Morgan fingerprint density at radius 3 is 2.36 bits per heavy atom. The maximum atomic E-state index is 13.6. The van der Waals surface area contributed by atoms with Gasteiger partial charge in [0.2, 0.25) is 5.91 Å². The molecule has 0 radical (unpaired) electrons. The smallest absolute Gasteiger partial charge is 0.255 e. The van der Waals surface area contributed by atoms with Crippen molar-refractivity contribution in [2.45, 2.75) is 6.04 Å². The van der Waals surface area contributed by atoms with Crippen molar-refractivity contribution in [2.75, 3.05) is 11.9 Å². The third kappa shape index (κ3) is 3.73. The Hall–Kier alpha value is -4.71. The Morgan fingerprint density at radius 2 is 1.56 bits per heavy atom. The number of para-hydroxylation sites is 1. The molecule has 176 valence electrons. The lowest BCUT2D eigenvalue weighted by Crippen LogP contribution is -2.36. The molecule has 2 heterocycles. The molecule has 0 aliphatic carbocycles. The molecule has 0 fully saturated rings. The molecule has 36 heavy (non-hydrogen) atoms. The minimum atomic E-state index is -0.459. The summed E-state index contributed by atoms with van der Waals surface area (Å²) in [7, 11) is 0. The number of carbonyl (C=O) groups is 2. The van der Waals surface area contributed by atoms with Gasteiger partial charge in [-0.15, -0.1) is 0 Å². The zero-order valence-corrected chi connectivity index (χ0v) is 19.2. The third-order valence-electron chi connectivity index (χ3n) is 6.58. The van der Waals surface area contributed by atoms with E-state index in [1.807, 2.05) is 72.8 Å². The van der Waals surface area contributed by atoms with Crippen LogP contribution in [0.25, 0.3) is 22.2 Å². The number of H-pyrrole nitrogens is 1. The molecule has 4 aromatic carbocycles. The van der Waals surface area contributed by atoms with Crippen molar-refractivity contribution in [3.63, 3.8) is 0 Å². The van der Waals surface area contributed by atoms with Crippen molar-refractivity contribution in [1.29, 1.82) is 0 Å². The van der Waals surface area contributed by atoms with Crippen LogP contribution in [-0.4, -0.2) is 28.2 Å². The minimum Gasteiger partial charge on any atom is -0.354 e. The number of fused-ring (bicyclic) bond motifs is 2. The molecule has 5 aromatic rings. The number of amides is 2. The van der Waals surface area contributed by atoms with E-state index in [4.69, 9.17) is 0 Å². The van der Waals surface area contributed by atoms with E-state index in [-0.39, 0.29) is 24.2 Å². The maximum Gasteiger partial charge on any atom is 0.255 e. The molecular weight excluding hydrogens is 453 g/mol. The van der Waals surface area contributed by atoms with E-state index in [1.54, 1.807) is 11.0 Å². The van der Waals surface area contributed by atoms with Gasteiger partial charge >= 0.3 is 0 Å². The topological polar surface area (TPSA) is 65.2 Å². The van der Waals surface area contributed by atoms with Crippen molar-refractivity contribution in [2.24, 2.45) is 0 Å². The molecule has 2 N–H and O–H groups in total. The summed E-state index contributed by atoms with van der Waals surface area (Å²) in [6.45, 7) is -0.150. The van der Waals surface area contributed by atoms with Gasteiger partial charge in [-0.25, -0.2) is 4.39 Å². The first-order valence-corrected chi connectivity index (χ1v) is 11.7. The standard InChI is InChI=1S/C30H22FN3O2/c31-20-14-16-21(17-15-20)32-26(35)18-34-29(22-10-4-5-11-23(22)30(34)36)27-24-12-6-7-13-25(24)33-28(27)19-8-2-1-3-9-19/h1-17,29,33H,18H2,(H,32,35)/t29-/m0/s1. The first kappa shape index (κ1) is 21.8. The summed E-state index contributed by atoms with van der Waals surface area (Å²) < 4.78 is 13.3. The quantitative estimate of drug-likeness (QED) is 0.320. The van der Waals surface area contributed by atoms with Crippen LogP contribution in [0.15, 0.2) is 103 Å². The van der Waals surface area contributed by atoms with Gasteiger partial charge in [0.15, 0.2) is 0 Å². The second-order valence-electron chi connectivity index (χ2n) is 8.80. The largest absolute Gasteiger partial charge is 0.354 e. The molecule has 6 rings (SSSR count). The van der Waals surface area contributed by atoms with E-state index in [0.717, 1.165) is 33.3 Å². The Balaban J connectivity index is 1.47. The lowest BCUT2D eigenvalue weighted by atomic mass is 9.93. The second-order valence-corrected chi connectivity index (χ2v) is 8.80. The van der Waals surface area contributed by atoms with Gasteiger partial charge in [-0.2, -0.15) is 0 Å². The predicted octanol–water partition coefficient (Wildman–Crippen LogP) is 6.16. The SMILES string of the molecule is O=C(CN1C(=O)c2ccccc2[C@H]1c1c(-c2ccccc2)[nH]c2ccccc12)Nc1ccc(F)cc1. The first-order valence-electron chi connectivity index (χ1n) is 11.7. The van der Waals surface area contributed by atoms with E-state index in [9.17, 15) is 14.0 Å². The summed E-state index contributed by atoms with van der Waals surface area (Å²) in [5, 5.41) is 3.78. The summed E-state index contributed by atoms with van der Waals surface area (Å²) in [5.41, 5.74) is 5.73. The van der Waals surface area contributed by atoms with Gasteiger partial charge in [-0.3, -0.25) is 9.59 Å². The van der Waals surface area contributed by atoms with Crippen LogP contribution in [0.1, 0.15) is 27.5 Å². The molecule has 0 unspecified atom stereocenters. The zero-order valence-electron chi connectivity index (χ0n) is 19.2. The number of carbonyl (C=O) groups excluding carboxylic acids is 2. The molecule has 5 nitrogen and oxygen atoms in total.